The van der Waals surface area contributed by atoms with E-state index in [-0.39, 0.29) is 0 Å². The molecule has 0 N–H and O–H groups in total. The van der Waals surface area contributed by atoms with E-state index in [1.165, 1.54) is 0 Å². The second-order valence-corrected chi connectivity index (χ2v) is 6.48. The summed E-state index contributed by atoms with van der Waals surface area (Å²) in [5, 5.41) is 0. The molecule has 0 aromatic rings. The van der Waals surface area contributed by atoms with Crippen molar-refractivity contribution < 1.29 is 0 Å². The monoisotopic (exact) mass is 206 g/mol. The Kier molecular flexibility index (Phi) is 4.24. The minimum atomic E-state index is 0.327. The van der Waals surface area contributed by atoms with Crippen LogP contribution in [0.5, 0.6) is 0 Å². The van der Waals surface area contributed by atoms with Gasteiger partial charge in [0.05, 0.1) is 0 Å². The normalized spacial score (nSPS) is 9.60. The molecule has 0 rings (SSSR count). The van der Waals surface area contributed by atoms with Crippen molar-refractivity contribution >= 4 is 27.3 Å². The summed E-state index contributed by atoms with van der Waals surface area (Å²) in [6, 6.07) is 0. The van der Waals surface area contributed by atoms with Crippen molar-refractivity contribution in [3.63, 3.8) is 0 Å². The van der Waals surface area contributed by atoms with Gasteiger partial charge in [-0.05, 0) is 0 Å². The van der Waals surface area contributed by atoms with Gasteiger partial charge in [-0.15, -0.1) is 0 Å². The van der Waals surface area contributed by atoms with Gasteiger partial charge in [-0.2, -0.15) is 0 Å². The summed E-state index contributed by atoms with van der Waals surface area (Å²) in [7, 11) is 0. The molecule has 0 amide bonds. The van der Waals surface area contributed by atoms with Gasteiger partial charge in [0.1, 0.15) is 0 Å². The van der Waals surface area contributed by atoms with Crippen LogP contribution < -0.4 is 0 Å². The summed E-state index contributed by atoms with van der Waals surface area (Å²) in [5.41, 5.74) is 0. The SMILES string of the molecule is CC(C)[Te]P. The molecule has 0 aliphatic carbocycles. The van der Waals surface area contributed by atoms with Crippen LogP contribution in [0, 0.1) is 0 Å². The molecule has 0 radical (unpaired) electrons. The van der Waals surface area contributed by atoms with E-state index in [4.69, 9.17) is 0 Å². The summed E-state index contributed by atoms with van der Waals surface area (Å²) in [5.74, 6) is 0. The number of hydrogen-bond donors (Lipinski definition) is 0. The first-order valence-corrected chi connectivity index (χ1v) is 7.48. The summed E-state index contributed by atoms with van der Waals surface area (Å²) in [6.45, 7) is 7.34. The molecule has 0 nitrogen and oxygen atoms in total. The first-order valence-electron chi connectivity index (χ1n) is 1.63. The summed E-state index contributed by atoms with van der Waals surface area (Å²) in [6.07, 6.45) is 0. The van der Waals surface area contributed by atoms with E-state index < -0.39 is 0 Å². The maximum absolute atomic E-state index is 2.82. The summed E-state index contributed by atoms with van der Waals surface area (Å²) >= 11 is 0.327. The van der Waals surface area contributed by atoms with Gasteiger partial charge in [-0.25, -0.2) is 0 Å². The third-order valence-corrected chi connectivity index (χ3v) is 5.48. The third-order valence-electron chi connectivity index (χ3n) is 0.272. The molecule has 0 saturated carbocycles. The Labute approximate surface area is 45.4 Å². The molecule has 1 unspecified atom stereocenters. The van der Waals surface area contributed by atoms with Crippen LogP contribution in [-0.4, -0.2) is 20.4 Å². The molecule has 32 valence electrons. The van der Waals surface area contributed by atoms with Crippen molar-refractivity contribution in [1.82, 2.24) is 0 Å². The third kappa shape index (κ3) is 5.22. The van der Waals surface area contributed by atoms with Crippen LogP contribution in [-0.2, 0) is 0 Å². The first-order chi connectivity index (χ1) is 2.27. The van der Waals surface area contributed by atoms with E-state index in [1.807, 2.05) is 0 Å². The second kappa shape index (κ2) is 3.41. The van der Waals surface area contributed by atoms with Crippen molar-refractivity contribution in [3.05, 3.63) is 0 Å². The van der Waals surface area contributed by atoms with Crippen LogP contribution in [0.4, 0.5) is 0 Å². The van der Waals surface area contributed by atoms with Gasteiger partial charge in [-0.1, -0.05) is 0 Å². The van der Waals surface area contributed by atoms with Gasteiger partial charge in [0.2, 0.25) is 0 Å². The van der Waals surface area contributed by atoms with E-state index in [0.29, 0.717) is 20.4 Å². The van der Waals surface area contributed by atoms with E-state index in [2.05, 4.69) is 20.8 Å². The zero-order valence-corrected chi connectivity index (χ0v) is 7.05. The average molecular weight is 204 g/mol. The molecule has 0 aromatic heterocycles. The van der Waals surface area contributed by atoms with Crippen molar-refractivity contribution in [1.29, 1.82) is 0 Å². The molecule has 1 atom stereocenters. The van der Waals surface area contributed by atoms with Crippen molar-refractivity contribution in [2.45, 2.75) is 17.8 Å². The molecular formula is C3H9PTe. The first kappa shape index (κ1) is 6.22. The number of rotatable bonds is 1. The molecular weight excluding hydrogens is 195 g/mol. The Bertz CT molecular complexity index is 20.9. The maximum atomic E-state index is 2.82. The molecule has 0 spiro atoms. The van der Waals surface area contributed by atoms with E-state index >= 15 is 0 Å². The molecule has 5 heavy (non-hydrogen) atoms. The van der Waals surface area contributed by atoms with Crippen LogP contribution in [0.3, 0.4) is 0 Å². The van der Waals surface area contributed by atoms with Crippen molar-refractivity contribution in [3.8, 4) is 0 Å². The van der Waals surface area contributed by atoms with Crippen LogP contribution in [0.2, 0.25) is 3.97 Å². The second-order valence-electron chi connectivity index (χ2n) is 1.18. The van der Waals surface area contributed by atoms with Crippen molar-refractivity contribution in [2.24, 2.45) is 0 Å². The zero-order chi connectivity index (χ0) is 4.28. The molecule has 0 heterocycles. The minimum absolute atomic E-state index is 0.327. The average Bonchev–Trinajstić information content (AvgIpc) is 1.38. The molecule has 0 aromatic carbocycles. The zero-order valence-electron chi connectivity index (χ0n) is 3.56. The van der Waals surface area contributed by atoms with Gasteiger partial charge in [0.25, 0.3) is 0 Å². The standard InChI is InChI=1S/C3H9PTe/c1-3(2)5-4/h3H,4H2,1-2H3. The summed E-state index contributed by atoms with van der Waals surface area (Å²) in [4.78, 5) is 0. The van der Waals surface area contributed by atoms with Crippen LogP contribution in [0.15, 0.2) is 0 Å². The number of hydrogen-bond acceptors (Lipinski definition) is 0. The Morgan fingerprint density at radius 3 is 1.80 bits per heavy atom. The Hall–Kier alpha value is 1.22. The molecule has 0 aliphatic heterocycles. The fourth-order valence-electron chi connectivity index (χ4n) is 0. The van der Waals surface area contributed by atoms with Gasteiger partial charge in [0, 0.05) is 0 Å². The topological polar surface area (TPSA) is 0 Å². The molecule has 2 heteroatoms. The van der Waals surface area contributed by atoms with E-state index in [9.17, 15) is 0 Å². The Morgan fingerprint density at radius 2 is 1.80 bits per heavy atom. The van der Waals surface area contributed by atoms with E-state index in [0.717, 1.165) is 3.97 Å². The summed E-state index contributed by atoms with van der Waals surface area (Å²) < 4.78 is 0.977. The van der Waals surface area contributed by atoms with Gasteiger partial charge in [-0.3, -0.25) is 0 Å². The van der Waals surface area contributed by atoms with E-state index in [1.54, 1.807) is 0 Å². The molecule has 0 fully saturated rings. The quantitative estimate of drug-likeness (QED) is 0.445. The van der Waals surface area contributed by atoms with Gasteiger partial charge >= 0.3 is 45.1 Å². The predicted molar refractivity (Wildman–Crippen MR) is 30.6 cm³/mol. The van der Waals surface area contributed by atoms with Crippen molar-refractivity contribution in [2.75, 3.05) is 0 Å². The van der Waals surface area contributed by atoms with Crippen LogP contribution >= 0.6 is 6.93 Å². The predicted octanol–water partition coefficient (Wildman–Crippen LogP) is 1.31. The van der Waals surface area contributed by atoms with Crippen LogP contribution in [0.25, 0.3) is 0 Å². The van der Waals surface area contributed by atoms with Gasteiger partial charge in [0.15, 0.2) is 0 Å². The Morgan fingerprint density at radius 1 is 1.60 bits per heavy atom. The molecule has 0 aliphatic rings. The molecule has 0 bridgehead atoms. The van der Waals surface area contributed by atoms with Gasteiger partial charge < -0.3 is 0 Å². The fourth-order valence-corrected chi connectivity index (χ4v) is 0. The molecule has 0 saturated heterocycles. The Balaban J connectivity index is 2.54. The van der Waals surface area contributed by atoms with Crippen LogP contribution in [0.1, 0.15) is 13.8 Å². The fraction of sp³-hybridized carbons (Fsp3) is 1.00.